The molecular formula is C14H27F3N2. The second-order valence-electron chi connectivity index (χ2n) is 5.50. The average molecular weight is 280 g/mol. The molecule has 1 rings (SSSR count). The van der Waals surface area contributed by atoms with Crippen LogP contribution < -0.4 is 5.32 Å². The maximum atomic E-state index is 12.7. The lowest BCUT2D eigenvalue weighted by molar-refractivity contribution is -0.153. The number of nitrogens with zero attached hydrogens (tertiary/aromatic N) is 1. The van der Waals surface area contributed by atoms with E-state index in [0.29, 0.717) is 12.5 Å². The zero-order valence-electron chi connectivity index (χ0n) is 12.3. The lowest BCUT2D eigenvalue weighted by Crippen LogP contribution is -2.55. The van der Waals surface area contributed by atoms with Crippen molar-refractivity contribution in [3.05, 3.63) is 0 Å². The van der Waals surface area contributed by atoms with E-state index in [9.17, 15) is 13.2 Å². The van der Waals surface area contributed by atoms with E-state index in [2.05, 4.69) is 12.2 Å². The molecular weight excluding hydrogens is 253 g/mol. The number of likely N-dealkylation sites (N-methyl/N-ethyl adjacent to an activating group) is 2. The summed E-state index contributed by atoms with van der Waals surface area (Å²) in [6.45, 7) is 6.47. The Morgan fingerprint density at radius 1 is 1.16 bits per heavy atom. The van der Waals surface area contributed by atoms with Crippen molar-refractivity contribution in [1.82, 2.24) is 10.2 Å². The van der Waals surface area contributed by atoms with Crippen molar-refractivity contribution in [2.24, 2.45) is 5.92 Å². The van der Waals surface area contributed by atoms with Gasteiger partial charge in [0.1, 0.15) is 0 Å². The van der Waals surface area contributed by atoms with Gasteiger partial charge < -0.3 is 5.32 Å². The van der Waals surface area contributed by atoms with E-state index in [4.69, 9.17) is 0 Å². The van der Waals surface area contributed by atoms with Crippen LogP contribution in [0.5, 0.6) is 0 Å². The maximum Gasteiger partial charge on any atom is 0.401 e. The molecule has 3 atom stereocenters. The van der Waals surface area contributed by atoms with Crippen LogP contribution in [0.3, 0.4) is 0 Å². The predicted octanol–water partition coefficient (Wildman–Crippen LogP) is 3.43. The van der Waals surface area contributed by atoms with E-state index in [0.717, 1.165) is 32.2 Å². The van der Waals surface area contributed by atoms with Crippen molar-refractivity contribution in [3.63, 3.8) is 0 Å². The van der Waals surface area contributed by atoms with Gasteiger partial charge >= 0.3 is 6.18 Å². The first kappa shape index (κ1) is 16.8. The topological polar surface area (TPSA) is 15.3 Å². The molecule has 0 heterocycles. The first-order chi connectivity index (χ1) is 8.91. The highest BCUT2D eigenvalue weighted by Crippen LogP contribution is 2.31. The highest BCUT2D eigenvalue weighted by molar-refractivity contribution is 4.91. The van der Waals surface area contributed by atoms with Crippen LogP contribution in [0.1, 0.15) is 46.5 Å². The fourth-order valence-corrected chi connectivity index (χ4v) is 3.20. The van der Waals surface area contributed by atoms with E-state index in [1.165, 1.54) is 0 Å². The van der Waals surface area contributed by atoms with Gasteiger partial charge in [0.05, 0.1) is 6.54 Å². The van der Waals surface area contributed by atoms with Crippen LogP contribution in [0.4, 0.5) is 13.2 Å². The third kappa shape index (κ3) is 5.30. The molecule has 19 heavy (non-hydrogen) atoms. The van der Waals surface area contributed by atoms with Gasteiger partial charge in [0, 0.05) is 12.1 Å². The fourth-order valence-electron chi connectivity index (χ4n) is 3.20. The lowest BCUT2D eigenvalue weighted by atomic mass is 9.80. The number of hydrogen-bond donors (Lipinski definition) is 1. The number of halogens is 3. The Labute approximate surface area is 114 Å². The molecule has 0 amide bonds. The molecule has 5 heteroatoms. The average Bonchev–Trinajstić information content (AvgIpc) is 2.36. The van der Waals surface area contributed by atoms with Crippen molar-refractivity contribution >= 4 is 0 Å². The zero-order valence-corrected chi connectivity index (χ0v) is 12.3. The van der Waals surface area contributed by atoms with Gasteiger partial charge in [-0.05, 0) is 38.3 Å². The maximum absolute atomic E-state index is 12.7. The normalized spacial score (nSPS) is 28.9. The Hall–Kier alpha value is -0.290. The minimum atomic E-state index is -4.11. The van der Waals surface area contributed by atoms with Gasteiger partial charge in [0.25, 0.3) is 0 Å². The van der Waals surface area contributed by atoms with Gasteiger partial charge in [0.2, 0.25) is 0 Å². The summed E-state index contributed by atoms with van der Waals surface area (Å²) in [5.74, 6) is 0.571. The zero-order chi connectivity index (χ0) is 14.5. The molecule has 0 aromatic heterocycles. The number of rotatable bonds is 6. The molecule has 0 spiro atoms. The third-order valence-electron chi connectivity index (χ3n) is 4.23. The second-order valence-corrected chi connectivity index (χ2v) is 5.50. The standard InChI is InChI=1S/C14H27F3N2/c1-4-11-7-8-12(18-5-2)13(9-11)19(6-3)10-14(15,16)17/h11-13,18H,4-10H2,1-3H3. The van der Waals surface area contributed by atoms with Gasteiger partial charge in [-0.3, -0.25) is 4.90 Å². The molecule has 1 saturated carbocycles. The Morgan fingerprint density at radius 3 is 2.32 bits per heavy atom. The fraction of sp³-hybridized carbons (Fsp3) is 1.00. The predicted molar refractivity (Wildman–Crippen MR) is 72.2 cm³/mol. The minimum absolute atomic E-state index is 0.0188. The molecule has 1 aliphatic carbocycles. The van der Waals surface area contributed by atoms with Crippen LogP contribution in [0.15, 0.2) is 0 Å². The lowest BCUT2D eigenvalue weighted by Gasteiger charge is -2.43. The van der Waals surface area contributed by atoms with Crippen molar-refractivity contribution in [2.75, 3.05) is 19.6 Å². The molecule has 0 bridgehead atoms. The largest absolute Gasteiger partial charge is 0.401 e. The summed E-state index contributed by atoms with van der Waals surface area (Å²) in [6, 6.07) is 0.223. The summed E-state index contributed by atoms with van der Waals surface area (Å²) in [5.41, 5.74) is 0. The molecule has 0 saturated heterocycles. The monoisotopic (exact) mass is 280 g/mol. The van der Waals surface area contributed by atoms with Gasteiger partial charge in [-0.1, -0.05) is 27.2 Å². The molecule has 0 aliphatic heterocycles. The molecule has 1 N–H and O–H groups in total. The highest BCUT2D eigenvalue weighted by Gasteiger charge is 2.38. The second kappa shape index (κ2) is 7.48. The summed E-state index contributed by atoms with van der Waals surface area (Å²) in [7, 11) is 0. The summed E-state index contributed by atoms with van der Waals surface area (Å²) in [5, 5.41) is 3.37. The smallest absolute Gasteiger partial charge is 0.313 e. The van der Waals surface area contributed by atoms with Gasteiger partial charge in [-0.15, -0.1) is 0 Å². The molecule has 0 aromatic rings. The van der Waals surface area contributed by atoms with Crippen LogP contribution in [0, 0.1) is 5.92 Å². The van der Waals surface area contributed by atoms with E-state index in [1.807, 2.05) is 13.8 Å². The SMILES string of the molecule is CCNC1CCC(CC)CC1N(CC)CC(F)(F)F. The molecule has 0 aromatic carbocycles. The number of alkyl halides is 3. The van der Waals surface area contributed by atoms with Gasteiger partial charge in [0.15, 0.2) is 0 Å². The first-order valence-corrected chi connectivity index (χ1v) is 7.45. The Bertz CT molecular complexity index is 256. The van der Waals surface area contributed by atoms with Gasteiger partial charge in [-0.2, -0.15) is 13.2 Å². The molecule has 0 radical (unpaired) electrons. The molecule has 114 valence electrons. The van der Waals surface area contributed by atoms with Gasteiger partial charge in [-0.25, -0.2) is 0 Å². The first-order valence-electron chi connectivity index (χ1n) is 7.45. The summed E-state index contributed by atoms with van der Waals surface area (Å²) >= 11 is 0. The van der Waals surface area contributed by atoms with Crippen molar-refractivity contribution in [1.29, 1.82) is 0 Å². The third-order valence-corrected chi connectivity index (χ3v) is 4.23. The van der Waals surface area contributed by atoms with E-state index >= 15 is 0 Å². The van der Waals surface area contributed by atoms with Crippen molar-refractivity contribution in [2.45, 2.75) is 64.7 Å². The molecule has 3 unspecified atom stereocenters. The number of hydrogen-bond acceptors (Lipinski definition) is 2. The van der Waals surface area contributed by atoms with Crippen LogP contribution in [0.2, 0.25) is 0 Å². The van der Waals surface area contributed by atoms with Crippen molar-refractivity contribution in [3.8, 4) is 0 Å². The van der Waals surface area contributed by atoms with Crippen LogP contribution in [0.25, 0.3) is 0 Å². The summed E-state index contributed by atoms with van der Waals surface area (Å²) in [6.07, 6.45) is -0.0253. The molecule has 1 aliphatic rings. The Morgan fingerprint density at radius 2 is 1.84 bits per heavy atom. The summed E-state index contributed by atoms with van der Waals surface area (Å²) in [4.78, 5) is 1.61. The van der Waals surface area contributed by atoms with Crippen LogP contribution in [-0.4, -0.2) is 42.8 Å². The number of nitrogens with one attached hydrogen (secondary N) is 1. The van der Waals surface area contributed by atoms with E-state index in [1.54, 1.807) is 4.90 Å². The summed E-state index contributed by atoms with van der Waals surface area (Å²) < 4.78 is 38.0. The minimum Gasteiger partial charge on any atom is -0.313 e. The highest BCUT2D eigenvalue weighted by atomic mass is 19.4. The molecule has 1 fully saturated rings. The van der Waals surface area contributed by atoms with E-state index in [-0.39, 0.29) is 12.1 Å². The van der Waals surface area contributed by atoms with Crippen molar-refractivity contribution < 1.29 is 13.2 Å². The van der Waals surface area contributed by atoms with Crippen LogP contribution in [-0.2, 0) is 0 Å². The Balaban J connectivity index is 2.74. The van der Waals surface area contributed by atoms with E-state index < -0.39 is 12.7 Å². The quantitative estimate of drug-likeness (QED) is 0.802. The molecule has 2 nitrogen and oxygen atoms in total. The Kier molecular flexibility index (Phi) is 6.60. The van der Waals surface area contributed by atoms with Crippen LogP contribution >= 0.6 is 0 Å².